The van der Waals surface area contributed by atoms with Crippen molar-refractivity contribution in [3.8, 4) is 0 Å². The molecule has 0 saturated carbocycles. The molecule has 1 saturated heterocycles. The second kappa shape index (κ2) is 6.31. The van der Waals surface area contributed by atoms with Crippen LogP contribution < -0.4 is 5.32 Å². The first-order valence-corrected chi connectivity index (χ1v) is 7.69. The largest absolute Gasteiger partial charge is 0.373 e. The van der Waals surface area contributed by atoms with Crippen LogP contribution in [0, 0.1) is 13.8 Å². The van der Waals surface area contributed by atoms with Crippen LogP contribution in [-0.4, -0.2) is 44.7 Å². The normalized spacial score (nSPS) is 17.5. The fraction of sp³-hybridized carbons (Fsp3) is 0.533. The van der Waals surface area contributed by atoms with Gasteiger partial charge in [-0.1, -0.05) is 10.3 Å². The van der Waals surface area contributed by atoms with E-state index >= 15 is 0 Å². The van der Waals surface area contributed by atoms with Crippen molar-refractivity contribution in [2.24, 2.45) is 0 Å². The zero-order chi connectivity index (χ0) is 16.4. The molecule has 1 fully saturated rings. The third-order valence-electron chi connectivity index (χ3n) is 4.09. The zero-order valence-electron chi connectivity index (χ0n) is 13.5. The molecule has 1 aliphatic rings. The summed E-state index contributed by atoms with van der Waals surface area (Å²) < 4.78 is 4.67. The maximum atomic E-state index is 12.6. The van der Waals surface area contributed by atoms with Crippen molar-refractivity contribution in [3.63, 3.8) is 0 Å². The minimum atomic E-state index is -0.0172. The first kappa shape index (κ1) is 15.4. The number of hydrogen-bond donors (Lipinski definition) is 1. The van der Waals surface area contributed by atoms with E-state index in [0.717, 1.165) is 30.9 Å². The minimum absolute atomic E-state index is 0.0172. The standard InChI is InChI=1S/C15H20N6O2/c1-9-11(20-23-19-9)8-15(22)21-6-4-5-13(21)12-7-14(16-3)18-10(2)17-12/h7,13H,4-6,8H2,1-3H3,(H,16,17,18). The smallest absolute Gasteiger partial charge is 0.229 e. The number of aromatic nitrogens is 4. The Labute approximate surface area is 134 Å². The van der Waals surface area contributed by atoms with Gasteiger partial charge in [-0.2, -0.15) is 0 Å². The van der Waals surface area contributed by atoms with Gasteiger partial charge in [-0.3, -0.25) is 4.79 Å². The molecule has 122 valence electrons. The van der Waals surface area contributed by atoms with Crippen molar-refractivity contribution in [2.45, 2.75) is 39.2 Å². The van der Waals surface area contributed by atoms with E-state index in [1.807, 2.05) is 24.9 Å². The predicted octanol–water partition coefficient (Wildman–Crippen LogP) is 1.42. The number of carbonyl (C=O) groups is 1. The summed E-state index contributed by atoms with van der Waals surface area (Å²) in [6.07, 6.45) is 2.07. The first-order valence-electron chi connectivity index (χ1n) is 7.69. The van der Waals surface area contributed by atoms with Crippen LogP contribution in [0.3, 0.4) is 0 Å². The van der Waals surface area contributed by atoms with Gasteiger partial charge in [0.05, 0.1) is 18.2 Å². The monoisotopic (exact) mass is 316 g/mol. The molecule has 2 aromatic heterocycles. The van der Waals surface area contributed by atoms with Crippen molar-refractivity contribution in [1.29, 1.82) is 0 Å². The molecule has 0 aliphatic carbocycles. The van der Waals surface area contributed by atoms with Crippen molar-refractivity contribution in [1.82, 2.24) is 25.2 Å². The second-order valence-electron chi connectivity index (χ2n) is 5.69. The summed E-state index contributed by atoms with van der Waals surface area (Å²) in [6.45, 7) is 4.37. The second-order valence-corrected chi connectivity index (χ2v) is 5.69. The number of aryl methyl sites for hydroxylation is 2. The highest BCUT2D eigenvalue weighted by Crippen LogP contribution is 2.32. The van der Waals surface area contributed by atoms with E-state index in [1.165, 1.54) is 0 Å². The van der Waals surface area contributed by atoms with E-state index in [1.54, 1.807) is 6.92 Å². The molecule has 1 aliphatic heterocycles. The Morgan fingerprint density at radius 3 is 2.91 bits per heavy atom. The molecule has 1 amide bonds. The zero-order valence-corrected chi connectivity index (χ0v) is 13.5. The fourth-order valence-electron chi connectivity index (χ4n) is 2.92. The Bertz CT molecular complexity index is 714. The predicted molar refractivity (Wildman–Crippen MR) is 82.7 cm³/mol. The molecule has 0 radical (unpaired) electrons. The first-order chi connectivity index (χ1) is 11.1. The Hall–Kier alpha value is -2.51. The van der Waals surface area contributed by atoms with Gasteiger partial charge in [0.2, 0.25) is 5.91 Å². The lowest BCUT2D eigenvalue weighted by Gasteiger charge is -2.24. The molecule has 3 heterocycles. The number of amides is 1. The van der Waals surface area contributed by atoms with Crippen LogP contribution in [0.25, 0.3) is 0 Å². The summed E-state index contributed by atoms with van der Waals surface area (Å²) in [4.78, 5) is 23.3. The Morgan fingerprint density at radius 1 is 1.39 bits per heavy atom. The van der Waals surface area contributed by atoms with Gasteiger partial charge < -0.3 is 10.2 Å². The highest BCUT2D eigenvalue weighted by atomic mass is 16.6. The van der Waals surface area contributed by atoms with Crippen molar-refractivity contribution < 1.29 is 9.42 Å². The number of rotatable bonds is 4. The fourth-order valence-corrected chi connectivity index (χ4v) is 2.92. The van der Waals surface area contributed by atoms with E-state index in [0.29, 0.717) is 17.2 Å². The Balaban J connectivity index is 1.81. The van der Waals surface area contributed by atoms with Gasteiger partial charge in [-0.05, 0) is 26.7 Å². The van der Waals surface area contributed by atoms with E-state index in [-0.39, 0.29) is 18.4 Å². The van der Waals surface area contributed by atoms with Crippen LogP contribution in [0.15, 0.2) is 10.7 Å². The van der Waals surface area contributed by atoms with Gasteiger partial charge in [0.25, 0.3) is 0 Å². The van der Waals surface area contributed by atoms with E-state index in [4.69, 9.17) is 0 Å². The van der Waals surface area contributed by atoms with Gasteiger partial charge in [-0.15, -0.1) is 0 Å². The van der Waals surface area contributed by atoms with Crippen LogP contribution in [0.5, 0.6) is 0 Å². The van der Waals surface area contributed by atoms with Crippen LogP contribution in [0.1, 0.15) is 41.8 Å². The van der Waals surface area contributed by atoms with Crippen molar-refractivity contribution >= 4 is 11.7 Å². The summed E-state index contributed by atoms with van der Waals surface area (Å²) in [5.41, 5.74) is 2.13. The number of nitrogens with zero attached hydrogens (tertiary/aromatic N) is 5. The molecule has 0 bridgehead atoms. The van der Waals surface area contributed by atoms with Gasteiger partial charge in [0.1, 0.15) is 23.0 Å². The summed E-state index contributed by atoms with van der Waals surface area (Å²) in [5.74, 6) is 1.49. The molecule has 0 aromatic carbocycles. The minimum Gasteiger partial charge on any atom is -0.373 e. The molecule has 1 atom stereocenters. The lowest BCUT2D eigenvalue weighted by atomic mass is 10.1. The third kappa shape index (κ3) is 3.15. The average Bonchev–Trinajstić information content (AvgIpc) is 3.16. The highest BCUT2D eigenvalue weighted by Gasteiger charge is 2.32. The van der Waals surface area contributed by atoms with Crippen LogP contribution >= 0.6 is 0 Å². The van der Waals surface area contributed by atoms with Gasteiger partial charge in [-0.25, -0.2) is 14.6 Å². The molecule has 0 spiro atoms. The lowest BCUT2D eigenvalue weighted by molar-refractivity contribution is -0.131. The Kier molecular flexibility index (Phi) is 4.22. The van der Waals surface area contributed by atoms with E-state index < -0.39 is 0 Å². The summed E-state index contributed by atoms with van der Waals surface area (Å²) in [6, 6.07) is 1.89. The topological polar surface area (TPSA) is 97.0 Å². The molecule has 2 aromatic rings. The van der Waals surface area contributed by atoms with Crippen molar-refractivity contribution in [3.05, 3.63) is 29.0 Å². The van der Waals surface area contributed by atoms with Crippen LogP contribution in [0.4, 0.5) is 5.82 Å². The number of carbonyl (C=O) groups excluding carboxylic acids is 1. The highest BCUT2D eigenvalue weighted by molar-refractivity contribution is 5.79. The number of hydrogen-bond acceptors (Lipinski definition) is 7. The number of likely N-dealkylation sites (tertiary alicyclic amines) is 1. The van der Waals surface area contributed by atoms with Crippen LogP contribution in [-0.2, 0) is 11.2 Å². The lowest BCUT2D eigenvalue weighted by Crippen LogP contribution is -2.32. The molecule has 8 nitrogen and oxygen atoms in total. The molecule has 3 rings (SSSR count). The van der Waals surface area contributed by atoms with Crippen LogP contribution in [0.2, 0.25) is 0 Å². The average molecular weight is 316 g/mol. The molecular weight excluding hydrogens is 296 g/mol. The van der Waals surface area contributed by atoms with E-state index in [9.17, 15) is 4.79 Å². The van der Waals surface area contributed by atoms with Gasteiger partial charge >= 0.3 is 0 Å². The number of nitrogens with one attached hydrogen (secondary N) is 1. The number of anilines is 1. The molecule has 1 N–H and O–H groups in total. The molecule has 1 unspecified atom stereocenters. The summed E-state index contributed by atoms with van der Waals surface area (Å²) in [7, 11) is 1.82. The third-order valence-corrected chi connectivity index (χ3v) is 4.09. The van der Waals surface area contributed by atoms with Gasteiger partial charge in [0.15, 0.2) is 0 Å². The van der Waals surface area contributed by atoms with E-state index in [2.05, 4.69) is 30.2 Å². The maximum Gasteiger partial charge on any atom is 0.229 e. The quantitative estimate of drug-likeness (QED) is 0.911. The maximum absolute atomic E-state index is 12.6. The SMILES string of the molecule is CNc1cc(C2CCCN2C(=O)Cc2nonc2C)nc(C)n1. The molecule has 23 heavy (non-hydrogen) atoms. The molecular formula is C15H20N6O2. The van der Waals surface area contributed by atoms with Crippen molar-refractivity contribution in [2.75, 3.05) is 18.9 Å². The Morgan fingerprint density at radius 2 is 2.22 bits per heavy atom. The molecule has 8 heteroatoms. The summed E-state index contributed by atoms with van der Waals surface area (Å²) in [5, 5.41) is 10.6. The van der Waals surface area contributed by atoms with Gasteiger partial charge in [0, 0.05) is 19.7 Å². The summed E-state index contributed by atoms with van der Waals surface area (Å²) >= 11 is 0.